The highest BCUT2D eigenvalue weighted by Gasteiger charge is 2.19. The summed E-state index contributed by atoms with van der Waals surface area (Å²) < 4.78 is 11.4. The van der Waals surface area contributed by atoms with Crippen molar-refractivity contribution in [2.75, 3.05) is 12.1 Å². The highest BCUT2D eigenvalue weighted by atomic mass is 16.7. The number of anilines is 1. The van der Waals surface area contributed by atoms with Gasteiger partial charge in [-0.2, -0.15) is 0 Å². The molecule has 0 spiro atoms. The lowest BCUT2D eigenvalue weighted by Crippen LogP contribution is -2.39. The molecule has 31 heavy (non-hydrogen) atoms. The molecule has 0 atom stereocenters. The second-order valence-electron chi connectivity index (χ2n) is 6.80. The van der Waals surface area contributed by atoms with Crippen LogP contribution in [0.3, 0.4) is 0 Å². The van der Waals surface area contributed by atoms with Gasteiger partial charge >= 0.3 is 5.69 Å². The number of nitro benzene ring substituents is 1. The van der Waals surface area contributed by atoms with E-state index in [1.807, 2.05) is 0 Å². The molecule has 11 heteroatoms. The van der Waals surface area contributed by atoms with E-state index in [0.717, 1.165) is 10.8 Å². The van der Waals surface area contributed by atoms with Crippen LogP contribution in [0.15, 0.2) is 52.2 Å². The van der Waals surface area contributed by atoms with Crippen LogP contribution < -0.4 is 26.0 Å². The Morgan fingerprint density at radius 3 is 2.74 bits per heavy atom. The minimum Gasteiger partial charge on any atom is -0.454 e. The van der Waals surface area contributed by atoms with Crippen LogP contribution in [-0.2, 0) is 6.54 Å². The topological polar surface area (TPSA) is 146 Å². The van der Waals surface area contributed by atoms with Crippen LogP contribution in [0.2, 0.25) is 0 Å². The molecular formula is C20H16N4O7. The fourth-order valence-electron chi connectivity index (χ4n) is 3.09. The molecule has 2 aromatic carbocycles. The van der Waals surface area contributed by atoms with Gasteiger partial charge in [-0.3, -0.25) is 24.3 Å². The van der Waals surface area contributed by atoms with Gasteiger partial charge in [0.05, 0.1) is 17.2 Å². The molecule has 1 aromatic heterocycles. The number of aromatic nitrogens is 2. The molecule has 0 saturated carbocycles. The molecule has 0 saturated heterocycles. The first-order chi connectivity index (χ1) is 14.8. The lowest BCUT2D eigenvalue weighted by molar-refractivity contribution is -0.384. The molecule has 0 radical (unpaired) electrons. The number of nitrogens with zero attached hydrogens (tertiary/aromatic N) is 2. The Hall–Kier alpha value is -4.41. The van der Waals surface area contributed by atoms with Crippen LogP contribution in [0.5, 0.6) is 11.5 Å². The fraction of sp³-hybridized carbons (Fsp3) is 0.150. The number of hydrogen-bond acceptors (Lipinski definition) is 7. The molecule has 0 aliphatic carbocycles. The second kappa shape index (κ2) is 7.78. The molecule has 3 aromatic rings. The molecule has 4 rings (SSSR count). The number of carbonyl (C=O) groups is 1. The van der Waals surface area contributed by atoms with Crippen molar-refractivity contribution in [3.05, 3.63) is 90.2 Å². The number of rotatable bonds is 5. The van der Waals surface area contributed by atoms with E-state index in [1.54, 1.807) is 25.1 Å². The number of non-ortho nitro benzene ring substituents is 1. The van der Waals surface area contributed by atoms with Gasteiger partial charge in [-0.25, -0.2) is 4.79 Å². The highest BCUT2D eigenvalue weighted by Crippen LogP contribution is 2.32. The van der Waals surface area contributed by atoms with Crippen LogP contribution >= 0.6 is 0 Å². The second-order valence-corrected chi connectivity index (χ2v) is 6.80. The first-order valence-corrected chi connectivity index (χ1v) is 9.11. The summed E-state index contributed by atoms with van der Waals surface area (Å²) in [5.41, 5.74) is -0.651. The lowest BCUT2D eigenvalue weighted by atomic mass is 10.1. The van der Waals surface area contributed by atoms with Gasteiger partial charge in [0.2, 0.25) is 6.79 Å². The zero-order valence-electron chi connectivity index (χ0n) is 16.2. The molecule has 0 unspecified atom stereocenters. The summed E-state index contributed by atoms with van der Waals surface area (Å²) in [6.45, 7) is 1.65. The average molecular weight is 424 g/mol. The molecular weight excluding hydrogens is 408 g/mol. The summed E-state index contributed by atoms with van der Waals surface area (Å²) in [6.07, 6.45) is 1.02. The number of fused-ring (bicyclic) bond motifs is 1. The van der Waals surface area contributed by atoms with E-state index in [9.17, 15) is 24.5 Å². The number of aromatic amines is 1. The highest BCUT2D eigenvalue weighted by molar-refractivity contribution is 6.04. The summed E-state index contributed by atoms with van der Waals surface area (Å²) in [7, 11) is 0. The largest absolute Gasteiger partial charge is 0.454 e. The van der Waals surface area contributed by atoms with E-state index in [0.29, 0.717) is 22.6 Å². The van der Waals surface area contributed by atoms with Crippen molar-refractivity contribution in [2.24, 2.45) is 0 Å². The van der Waals surface area contributed by atoms with Gasteiger partial charge in [-0.15, -0.1) is 0 Å². The first-order valence-electron chi connectivity index (χ1n) is 9.11. The number of carbonyl (C=O) groups excluding carboxylic acids is 1. The Bertz CT molecular complexity index is 1330. The average Bonchev–Trinajstić information content (AvgIpc) is 3.20. The van der Waals surface area contributed by atoms with Crippen molar-refractivity contribution < 1.29 is 19.2 Å². The van der Waals surface area contributed by atoms with Crippen molar-refractivity contribution in [2.45, 2.75) is 13.5 Å². The third kappa shape index (κ3) is 3.88. The number of nitro groups is 1. The van der Waals surface area contributed by atoms with Crippen LogP contribution in [0.4, 0.5) is 11.4 Å². The summed E-state index contributed by atoms with van der Waals surface area (Å²) >= 11 is 0. The van der Waals surface area contributed by atoms with Gasteiger partial charge in [0.25, 0.3) is 17.2 Å². The first kappa shape index (κ1) is 19.9. The predicted molar refractivity (Wildman–Crippen MR) is 109 cm³/mol. The molecule has 1 aliphatic heterocycles. The number of benzene rings is 2. The third-order valence-electron chi connectivity index (χ3n) is 4.76. The maximum absolute atomic E-state index is 12.8. The summed E-state index contributed by atoms with van der Waals surface area (Å²) in [5, 5.41) is 13.5. The van der Waals surface area contributed by atoms with E-state index >= 15 is 0 Å². The van der Waals surface area contributed by atoms with E-state index in [1.165, 1.54) is 18.2 Å². The number of hydrogen-bond donors (Lipinski definition) is 2. The van der Waals surface area contributed by atoms with Crippen LogP contribution in [0.1, 0.15) is 21.5 Å². The van der Waals surface area contributed by atoms with Gasteiger partial charge in [0.15, 0.2) is 11.5 Å². The minimum absolute atomic E-state index is 0.0893. The van der Waals surface area contributed by atoms with Crippen molar-refractivity contribution >= 4 is 17.3 Å². The molecule has 1 amide bonds. The smallest absolute Gasteiger partial charge is 0.328 e. The van der Waals surface area contributed by atoms with Gasteiger partial charge in [-0.05, 0) is 30.2 Å². The molecule has 0 fully saturated rings. The predicted octanol–water partition coefficient (Wildman–Crippen LogP) is 1.78. The molecule has 1 aliphatic rings. The van der Waals surface area contributed by atoms with E-state index < -0.39 is 22.1 Å². The van der Waals surface area contributed by atoms with Crippen molar-refractivity contribution in [3.63, 3.8) is 0 Å². The molecule has 11 nitrogen and oxygen atoms in total. The van der Waals surface area contributed by atoms with Crippen LogP contribution in [0.25, 0.3) is 0 Å². The molecule has 0 bridgehead atoms. The van der Waals surface area contributed by atoms with E-state index in [-0.39, 0.29) is 30.3 Å². The van der Waals surface area contributed by atoms with Gasteiger partial charge in [0.1, 0.15) is 5.56 Å². The minimum atomic E-state index is -0.804. The zero-order chi connectivity index (χ0) is 22.1. The monoisotopic (exact) mass is 424 g/mol. The Labute approximate surface area is 174 Å². The Balaban J connectivity index is 1.64. The Kier molecular flexibility index (Phi) is 4.99. The van der Waals surface area contributed by atoms with Crippen LogP contribution in [-0.4, -0.2) is 27.2 Å². The van der Waals surface area contributed by atoms with Gasteiger partial charge in [0, 0.05) is 18.3 Å². The number of ether oxygens (including phenoxy) is 2. The maximum atomic E-state index is 12.8. The summed E-state index contributed by atoms with van der Waals surface area (Å²) in [4.78, 5) is 50.5. The maximum Gasteiger partial charge on any atom is 0.328 e. The van der Waals surface area contributed by atoms with Crippen LogP contribution in [0, 0.1) is 17.0 Å². The Morgan fingerprint density at radius 1 is 1.19 bits per heavy atom. The number of amides is 1. The Morgan fingerprint density at radius 2 is 1.97 bits per heavy atom. The number of H-pyrrole nitrogens is 1. The quantitative estimate of drug-likeness (QED) is 0.469. The SMILES string of the molecule is Cc1ccc([N+](=O)[O-])cc1NC(=O)c1c[nH]c(=O)n(Cc2ccc3c(c2)OCO3)c1=O. The van der Waals surface area contributed by atoms with Crippen molar-refractivity contribution in [3.8, 4) is 11.5 Å². The van der Waals surface area contributed by atoms with Crippen molar-refractivity contribution in [1.82, 2.24) is 9.55 Å². The van der Waals surface area contributed by atoms with E-state index in [2.05, 4.69) is 10.3 Å². The van der Waals surface area contributed by atoms with Gasteiger partial charge < -0.3 is 19.8 Å². The summed E-state index contributed by atoms with van der Waals surface area (Å²) in [6, 6.07) is 8.98. The molecule has 2 heterocycles. The lowest BCUT2D eigenvalue weighted by Gasteiger charge is -2.10. The zero-order valence-corrected chi connectivity index (χ0v) is 16.2. The number of aryl methyl sites for hydroxylation is 1. The standard InChI is InChI=1S/C20H16N4O7/c1-11-2-4-13(24(28)29)7-15(11)22-18(25)14-8-21-20(27)23(19(14)26)9-12-3-5-16-17(6-12)31-10-30-16/h2-8H,9-10H2,1H3,(H,21,27)(H,22,25). The van der Waals surface area contributed by atoms with Crippen molar-refractivity contribution in [1.29, 1.82) is 0 Å². The third-order valence-corrected chi connectivity index (χ3v) is 4.76. The number of nitrogens with one attached hydrogen (secondary N) is 2. The fourth-order valence-corrected chi connectivity index (χ4v) is 3.09. The summed E-state index contributed by atoms with van der Waals surface area (Å²) in [5.74, 6) is 0.256. The normalized spacial score (nSPS) is 11.9. The molecule has 2 N–H and O–H groups in total. The van der Waals surface area contributed by atoms with Gasteiger partial charge in [-0.1, -0.05) is 12.1 Å². The van der Waals surface area contributed by atoms with E-state index in [4.69, 9.17) is 9.47 Å². The molecule has 158 valence electrons.